The molecule has 40 heavy (non-hydrogen) atoms. The Balaban J connectivity index is 1.42. The Bertz CT molecular complexity index is 1480. The fraction of sp³-hybridized carbons (Fsp3) is 0.286. The van der Waals surface area contributed by atoms with Crippen LogP contribution in [0.1, 0.15) is 34.7 Å². The molecule has 9 nitrogen and oxygen atoms in total. The second-order valence-electron chi connectivity index (χ2n) is 9.17. The number of pyridine rings is 2. The summed E-state index contributed by atoms with van der Waals surface area (Å²) in [6, 6.07) is 9.71. The van der Waals surface area contributed by atoms with E-state index in [-0.39, 0.29) is 35.0 Å². The third kappa shape index (κ3) is 7.47. The molecule has 0 spiro atoms. The average Bonchev–Trinajstić information content (AvgIpc) is 2.93. The summed E-state index contributed by atoms with van der Waals surface area (Å²) in [5, 5.41) is 14.1. The number of hydrogen-bond donors (Lipinski definition) is 3. The van der Waals surface area contributed by atoms with Gasteiger partial charge in [-0.15, -0.1) is 0 Å². The Morgan fingerprint density at radius 2 is 1.80 bits per heavy atom. The number of alkyl halides is 3. The first-order valence-corrected chi connectivity index (χ1v) is 12.6. The molecule has 1 fully saturated rings. The Kier molecular flexibility index (Phi) is 8.84. The quantitative estimate of drug-likeness (QED) is 0.418. The van der Waals surface area contributed by atoms with Gasteiger partial charge in [-0.3, -0.25) is 16.0 Å². The first-order chi connectivity index (χ1) is 19.1. The first kappa shape index (κ1) is 28.4. The van der Waals surface area contributed by atoms with Crippen LogP contribution < -0.4 is 21.4 Å². The van der Waals surface area contributed by atoms with E-state index < -0.39 is 17.8 Å². The number of nitrogens with zero attached hydrogens (tertiary/aromatic N) is 4. The smallest absolute Gasteiger partial charge is 0.308 e. The van der Waals surface area contributed by atoms with Gasteiger partial charge < -0.3 is 10.2 Å². The molecule has 2 amide bonds. The number of anilines is 3. The van der Waals surface area contributed by atoms with Gasteiger partial charge in [0.05, 0.1) is 11.1 Å². The van der Waals surface area contributed by atoms with Gasteiger partial charge in [0.2, 0.25) is 0 Å². The van der Waals surface area contributed by atoms with Crippen molar-refractivity contribution >= 4 is 23.4 Å². The van der Waals surface area contributed by atoms with Crippen molar-refractivity contribution in [2.45, 2.75) is 19.6 Å². The largest absolute Gasteiger partial charge is 0.416 e. The number of hydrogen-bond acceptors (Lipinski definition) is 6. The summed E-state index contributed by atoms with van der Waals surface area (Å²) in [5.41, 5.74) is 6.37. The van der Waals surface area contributed by atoms with Crippen LogP contribution in [-0.4, -0.2) is 53.5 Å². The molecule has 5 N–H and O–H groups in total. The number of aromatic amines is 1. The molecule has 12 heteroatoms. The number of carbonyl (C=O) groups excluding carboxylic acids is 1. The van der Waals surface area contributed by atoms with Crippen LogP contribution in [0, 0.1) is 23.2 Å². The topological polar surface area (TPSA) is 124 Å². The molecule has 1 aliphatic rings. The van der Waals surface area contributed by atoms with Crippen LogP contribution in [0.2, 0.25) is 0 Å². The Morgan fingerprint density at radius 3 is 2.50 bits per heavy atom. The molecule has 0 aliphatic carbocycles. The maximum Gasteiger partial charge on any atom is 0.416 e. The highest BCUT2D eigenvalue weighted by Crippen LogP contribution is 2.34. The van der Waals surface area contributed by atoms with Crippen molar-refractivity contribution in [3.8, 4) is 17.9 Å². The molecule has 0 saturated carbocycles. The van der Waals surface area contributed by atoms with Crippen molar-refractivity contribution in [3.63, 3.8) is 0 Å². The van der Waals surface area contributed by atoms with Crippen molar-refractivity contribution in [2.75, 3.05) is 49.1 Å². The van der Waals surface area contributed by atoms with Gasteiger partial charge in [-0.25, -0.2) is 14.8 Å². The summed E-state index contributed by atoms with van der Waals surface area (Å²) in [6.07, 6.45) is -1.57. The number of rotatable bonds is 5. The van der Waals surface area contributed by atoms with Crippen LogP contribution in [-0.2, 0) is 12.7 Å². The van der Waals surface area contributed by atoms with Crippen molar-refractivity contribution < 1.29 is 22.9 Å². The number of likely N-dealkylation sites (N-methyl/N-ethyl adjacent to an activating group) is 1. The molecule has 1 aromatic carbocycles. The number of piperazine rings is 1. The highest BCUT2D eigenvalue weighted by Gasteiger charge is 2.34. The summed E-state index contributed by atoms with van der Waals surface area (Å²) in [6.45, 7) is 6.20. The number of nitrogens with one attached hydrogen (secondary N) is 3. The Labute approximate surface area is 229 Å². The lowest BCUT2D eigenvalue weighted by molar-refractivity contribution is -0.360. The lowest BCUT2D eigenvalue weighted by atomic mass is 10.0. The minimum Gasteiger partial charge on any atom is -0.308 e. The summed E-state index contributed by atoms with van der Waals surface area (Å²) in [5.74, 6) is 6.18. The van der Waals surface area contributed by atoms with Gasteiger partial charge in [0.15, 0.2) is 0 Å². The number of nitrogen functional groups attached to an aromatic ring is 1. The molecule has 1 saturated heterocycles. The summed E-state index contributed by atoms with van der Waals surface area (Å²) < 4.78 is 41.6. The molecule has 1 aliphatic heterocycles. The van der Waals surface area contributed by atoms with E-state index in [0.29, 0.717) is 24.2 Å². The van der Waals surface area contributed by atoms with Crippen molar-refractivity contribution in [2.24, 2.45) is 0 Å². The van der Waals surface area contributed by atoms with Gasteiger partial charge >= 0.3 is 12.2 Å². The van der Waals surface area contributed by atoms with E-state index in [1.807, 2.05) is 11.0 Å². The van der Waals surface area contributed by atoms with Crippen molar-refractivity contribution in [3.05, 3.63) is 76.6 Å². The molecule has 0 atom stereocenters. The molecule has 0 bridgehead atoms. The second kappa shape index (κ2) is 12.5. The van der Waals surface area contributed by atoms with Crippen LogP contribution in [0.15, 0.2) is 48.8 Å². The number of urea groups is 1. The van der Waals surface area contributed by atoms with Crippen LogP contribution in [0.3, 0.4) is 0 Å². The van der Waals surface area contributed by atoms with Crippen molar-refractivity contribution in [1.82, 2.24) is 14.8 Å². The van der Waals surface area contributed by atoms with Crippen molar-refractivity contribution in [1.29, 1.82) is 5.26 Å². The number of nitrogens with two attached hydrogens (primary N) is 1. The van der Waals surface area contributed by atoms with Crippen LogP contribution in [0.4, 0.5) is 35.3 Å². The molecule has 3 heterocycles. The number of carbonyl (C=O) groups is 1. The summed E-state index contributed by atoms with van der Waals surface area (Å²) in [7, 11) is 0. The lowest BCUT2D eigenvalue weighted by Gasteiger charge is -2.34. The monoisotopic (exact) mass is 549 g/mol. The Morgan fingerprint density at radius 1 is 1.07 bits per heavy atom. The zero-order valence-electron chi connectivity index (χ0n) is 21.8. The molecular formula is C28H28F3N8O+. The highest BCUT2D eigenvalue weighted by atomic mass is 19.4. The summed E-state index contributed by atoms with van der Waals surface area (Å²) in [4.78, 5) is 23.6. The van der Waals surface area contributed by atoms with Gasteiger partial charge in [-0.05, 0) is 42.4 Å². The van der Waals surface area contributed by atoms with E-state index >= 15 is 0 Å². The minimum atomic E-state index is -4.57. The molecule has 3 aromatic rings. The van der Waals surface area contributed by atoms with E-state index in [1.54, 1.807) is 18.3 Å². The number of nitriles is 1. The van der Waals surface area contributed by atoms with Crippen LogP contribution >= 0.6 is 0 Å². The zero-order chi connectivity index (χ0) is 28.7. The number of halogens is 3. The zero-order valence-corrected chi connectivity index (χ0v) is 21.8. The van der Waals surface area contributed by atoms with Gasteiger partial charge in [-0.2, -0.15) is 18.4 Å². The number of H-pyrrole nitrogens is 1. The van der Waals surface area contributed by atoms with E-state index in [4.69, 9.17) is 11.0 Å². The molecule has 206 valence electrons. The summed E-state index contributed by atoms with van der Waals surface area (Å²) >= 11 is 0. The molecule has 2 aromatic heterocycles. The van der Waals surface area contributed by atoms with E-state index in [2.05, 4.69) is 44.3 Å². The third-order valence-electron chi connectivity index (χ3n) is 6.43. The second-order valence-corrected chi connectivity index (χ2v) is 9.17. The van der Waals surface area contributed by atoms with Crippen LogP contribution in [0.5, 0.6) is 0 Å². The maximum atomic E-state index is 13.9. The number of benzene rings is 1. The SMILES string of the molecule is CCN1CCN(Cc2ccc(NC(=O)Nc3cc(C#Cc4c[nH+]c(N)c(C#N)c4)ccn3)cc2C(F)(F)F)CC1. The lowest BCUT2D eigenvalue weighted by Crippen LogP contribution is -2.45. The molecule has 0 radical (unpaired) electrons. The third-order valence-corrected chi connectivity index (χ3v) is 6.43. The fourth-order valence-electron chi connectivity index (χ4n) is 4.23. The Hall–Kier alpha value is -4.65. The standard InChI is InChI=1S/C28H27F3N8O/c1-2-38-9-11-39(12-10-38)18-21-5-6-23(15-24(21)28(29,30)31)36-27(40)37-25-14-19(7-8-34-25)3-4-20-13-22(16-32)26(33)35-17-20/h5-8,13-15,17H,2,9-12,18H2,1H3,(H2,33,35)(H2,34,36,37,40)/p+1. The van der Waals surface area contributed by atoms with E-state index in [0.717, 1.165) is 25.7 Å². The van der Waals surface area contributed by atoms with Gasteiger partial charge in [-0.1, -0.05) is 24.8 Å². The fourth-order valence-corrected chi connectivity index (χ4v) is 4.23. The number of aromatic nitrogens is 2. The molecule has 0 unspecified atom stereocenters. The maximum absolute atomic E-state index is 13.9. The minimum absolute atomic E-state index is 0.00761. The van der Waals surface area contributed by atoms with E-state index in [9.17, 15) is 18.0 Å². The number of amides is 2. The normalized spacial score (nSPS) is 14.1. The van der Waals surface area contributed by atoms with Crippen LogP contribution in [0.25, 0.3) is 0 Å². The van der Waals surface area contributed by atoms with Gasteiger partial charge in [0.25, 0.3) is 5.82 Å². The average molecular weight is 550 g/mol. The van der Waals surface area contributed by atoms with Gasteiger partial charge in [0.1, 0.15) is 23.6 Å². The first-order valence-electron chi connectivity index (χ1n) is 12.6. The van der Waals surface area contributed by atoms with E-state index in [1.165, 1.54) is 24.4 Å². The van der Waals surface area contributed by atoms with Gasteiger partial charge in [0, 0.05) is 50.2 Å². The molecule has 4 rings (SSSR count). The predicted molar refractivity (Wildman–Crippen MR) is 144 cm³/mol. The molecular weight excluding hydrogens is 521 g/mol. The highest BCUT2D eigenvalue weighted by molar-refractivity contribution is 5.99. The predicted octanol–water partition coefficient (Wildman–Crippen LogP) is 3.55.